The molecule has 1 aromatic carbocycles. The number of nitrogens with zero attached hydrogens (tertiary/aromatic N) is 3. The van der Waals surface area contributed by atoms with Gasteiger partial charge in [0.25, 0.3) is 15.9 Å². The van der Waals surface area contributed by atoms with E-state index in [-0.39, 0.29) is 33.6 Å². The number of fused-ring (bicyclic) bond motifs is 9. The molecule has 6 rings (SSSR count). The van der Waals surface area contributed by atoms with E-state index in [1.807, 2.05) is 19.1 Å². The van der Waals surface area contributed by atoms with Crippen LogP contribution in [0, 0.1) is 6.92 Å². The number of halogens is 1. The molecule has 5 heterocycles. The number of pyridine rings is 1. The van der Waals surface area contributed by atoms with Crippen molar-refractivity contribution in [1.29, 1.82) is 0 Å². The van der Waals surface area contributed by atoms with E-state index in [2.05, 4.69) is 25.0 Å². The molecular weight excluding hydrogens is 566 g/mol. The lowest BCUT2D eigenvalue weighted by Gasteiger charge is -2.14. The quantitative estimate of drug-likeness (QED) is 0.267. The summed E-state index contributed by atoms with van der Waals surface area (Å²) in [5.41, 5.74) is 3.41. The molecule has 8 bridgehead atoms. The van der Waals surface area contributed by atoms with Gasteiger partial charge >= 0.3 is 0 Å². The molecule has 0 unspecified atom stereocenters. The zero-order valence-electron chi connectivity index (χ0n) is 19.9. The van der Waals surface area contributed by atoms with Crippen molar-refractivity contribution in [1.82, 2.24) is 20.3 Å². The number of benzene rings is 1. The fourth-order valence-electron chi connectivity index (χ4n) is 4.20. The van der Waals surface area contributed by atoms with Crippen LogP contribution in [0.2, 0.25) is 5.02 Å². The van der Waals surface area contributed by atoms with Gasteiger partial charge in [-0.1, -0.05) is 11.6 Å². The minimum Gasteiger partial charge on any atom is -0.480 e. The van der Waals surface area contributed by atoms with Gasteiger partial charge in [0.05, 0.1) is 44.2 Å². The zero-order valence-corrected chi connectivity index (χ0v) is 23.1. The van der Waals surface area contributed by atoms with Crippen molar-refractivity contribution in [2.45, 2.75) is 18.4 Å². The van der Waals surface area contributed by atoms with E-state index in [0.29, 0.717) is 5.56 Å². The van der Waals surface area contributed by atoms with Gasteiger partial charge in [0, 0.05) is 21.5 Å². The largest absolute Gasteiger partial charge is 0.480 e. The van der Waals surface area contributed by atoms with Crippen molar-refractivity contribution in [3.63, 3.8) is 0 Å². The molecule has 5 aromatic rings. The molecule has 9 nitrogen and oxygen atoms in total. The molecule has 192 valence electrons. The highest BCUT2D eigenvalue weighted by Crippen LogP contribution is 2.43. The lowest BCUT2D eigenvalue weighted by molar-refractivity contribution is 0.0951. The third kappa shape index (κ3) is 4.19. The minimum atomic E-state index is -4.13. The van der Waals surface area contributed by atoms with Gasteiger partial charge in [-0.2, -0.15) is 0 Å². The molecule has 0 radical (unpaired) electrons. The Labute approximate surface area is 230 Å². The van der Waals surface area contributed by atoms with Crippen LogP contribution in [0.1, 0.15) is 20.8 Å². The number of hydrogen-bond donors (Lipinski definition) is 2. The van der Waals surface area contributed by atoms with E-state index in [4.69, 9.17) is 16.3 Å². The molecule has 1 aliphatic rings. The van der Waals surface area contributed by atoms with Crippen molar-refractivity contribution < 1.29 is 17.9 Å². The van der Waals surface area contributed by atoms with Crippen LogP contribution in [0.25, 0.3) is 31.2 Å². The van der Waals surface area contributed by atoms with Crippen LogP contribution < -0.4 is 14.8 Å². The van der Waals surface area contributed by atoms with Gasteiger partial charge in [0.15, 0.2) is 0 Å². The molecular formula is C25H18ClN5O4S3. The molecule has 0 aliphatic carbocycles. The van der Waals surface area contributed by atoms with Gasteiger partial charge in [-0.25, -0.2) is 23.4 Å². The summed E-state index contributed by atoms with van der Waals surface area (Å²) >= 11 is 9.29. The number of sulfonamides is 1. The van der Waals surface area contributed by atoms with Gasteiger partial charge in [-0.05, 0) is 48.9 Å². The monoisotopic (exact) mass is 583 g/mol. The minimum absolute atomic E-state index is 0.0455. The summed E-state index contributed by atoms with van der Waals surface area (Å²) in [7, 11) is -2.72. The first-order valence-electron chi connectivity index (χ1n) is 11.2. The SMILES string of the molecule is COc1ncc2cc1NS(=O)(=O)c1ccc(Cl)c(c1)C(=O)NCc1ccc(s1)-c1ncnc3c(C)c-2sc13. The Morgan fingerprint density at radius 2 is 1.92 bits per heavy atom. The van der Waals surface area contributed by atoms with Crippen LogP contribution in [0.3, 0.4) is 0 Å². The Kier molecular flexibility index (Phi) is 6.06. The summed E-state index contributed by atoms with van der Waals surface area (Å²) < 4.78 is 35.6. The summed E-state index contributed by atoms with van der Waals surface area (Å²) in [4.78, 5) is 29.0. The molecule has 1 aliphatic heterocycles. The number of methoxy groups -OCH3 is 1. The third-order valence-corrected chi connectivity index (χ3v) is 10.2. The summed E-state index contributed by atoms with van der Waals surface area (Å²) in [5, 5.41) is 2.96. The second-order valence-corrected chi connectivity index (χ2v) is 12.7. The molecule has 13 heteroatoms. The number of amides is 1. The average Bonchev–Trinajstić information content (AvgIpc) is 3.51. The highest BCUT2D eigenvalue weighted by atomic mass is 35.5. The summed E-state index contributed by atoms with van der Waals surface area (Å²) in [6.45, 7) is 2.21. The Bertz CT molecular complexity index is 1870. The van der Waals surface area contributed by atoms with Gasteiger partial charge in [-0.15, -0.1) is 22.7 Å². The van der Waals surface area contributed by atoms with Gasteiger partial charge in [0.1, 0.15) is 17.7 Å². The number of ether oxygens (including phenoxy) is 1. The van der Waals surface area contributed by atoms with E-state index in [0.717, 1.165) is 36.1 Å². The fourth-order valence-corrected chi connectivity index (χ4v) is 7.74. The molecule has 38 heavy (non-hydrogen) atoms. The molecule has 0 atom stereocenters. The van der Waals surface area contributed by atoms with Crippen molar-refractivity contribution in [2.24, 2.45) is 0 Å². The van der Waals surface area contributed by atoms with E-state index in [9.17, 15) is 13.2 Å². The highest BCUT2D eigenvalue weighted by Gasteiger charge is 2.23. The second-order valence-electron chi connectivity index (χ2n) is 8.43. The third-order valence-electron chi connectivity index (χ3n) is 6.07. The number of anilines is 1. The van der Waals surface area contributed by atoms with E-state index in [1.54, 1.807) is 12.3 Å². The molecule has 1 amide bonds. The van der Waals surface area contributed by atoms with Crippen molar-refractivity contribution >= 4 is 66.1 Å². The number of aromatic nitrogens is 3. The molecule has 4 aromatic heterocycles. The number of aryl methyl sites for hydroxylation is 1. The number of rotatable bonds is 1. The number of thiophene rings is 2. The first-order valence-corrected chi connectivity index (χ1v) is 14.7. The Morgan fingerprint density at radius 1 is 1.08 bits per heavy atom. The van der Waals surface area contributed by atoms with E-state index < -0.39 is 15.9 Å². The van der Waals surface area contributed by atoms with Crippen LogP contribution in [0.4, 0.5) is 5.69 Å². The number of carbonyl (C=O) groups excluding carboxylic acids is 1. The van der Waals surface area contributed by atoms with Crippen LogP contribution in [-0.2, 0) is 16.6 Å². The Morgan fingerprint density at radius 3 is 2.74 bits per heavy atom. The summed E-state index contributed by atoms with van der Waals surface area (Å²) in [5.74, 6) is -0.392. The average molecular weight is 584 g/mol. The first-order chi connectivity index (χ1) is 18.2. The smallest absolute Gasteiger partial charge is 0.262 e. The Hall–Kier alpha value is -3.58. The highest BCUT2D eigenvalue weighted by molar-refractivity contribution is 7.92. The topological polar surface area (TPSA) is 123 Å². The normalized spacial score (nSPS) is 14.4. The maximum absolute atomic E-state index is 13.4. The number of hydrogen-bond acceptors (Lipinski definition) is 9. The number of nitrogens with one attached hydrogen (secondary N) is 2. The molecule has 2 N–H and O–H groups in total. The van der Waals surface area contributed by atoms with Crippen LogP contribution in [0.15, 0.2) is 53.8 Å². The van der Waals surface area contributed by atoms with Gasteiger partial charge in [-0.3, -0.25) is 9.52 Å². The van der Waals surface area contributed by atoms with Gasteiger partial charge in [0.2, 0.25) is 5.88 Å². The lowest BCUT2D eigenvalue weighted by Crippen LogP contribution is -2.23. The van der Waals surface area contributed by atoms with Crippen LogP contribution in [0.5, 0.6) is 5.88 Å². The van der Waals surface area contributed by atoms with Crippen LogP contribution >= 0.6 is 34.3 Å². The molecule has 0 saturated carbocycles. The van der Waals surface area contributed by atoms with Crippen molar-refractivity contribution in [3.05, 3.63) is 69.9 Å². The van der Waals surface area contributed by atoms with Crippen molar-refractivity contribution in [2.75, 3.05) is 11.8 Å². The van der Waals surface area contributed by atoms with E-state index in [1.165, 1.54) is 54.3 Å². The molecule has 0 spiro atoms. The summed E-state index contributed by atoms with van der Waals surface area (Å²) in [6, 6.07) is 9.54. The maximum atomic E-state index is 13.4. The fraction of sp³-hybridized carbons (Fsp3) is 0.120. The predicted octanol–water partition coefficient (Wildman–Crippen LogP) is 5.50. The van der Waals surface area contributed by atoms with E-state index >= 15 is 0 Å². The molecule has 0 saturated heterocycles. The Balaban J connectivity index is 1.60. The first kappa shape index (κ1) is 24.7. The zero-order chi connectivity index (χ0) is 26.6. The second kappa shape index (κ2) is 9.31. The maximum Gasteiger partial charge on any atom is 0.262 e. The number of carbonyl (C=O) groups is 1. The van der Waals surface area contributed by atoms with Crippen molar-refractivity contribution in [3.8, 4) is 26.9 Å². The lowest BCUT2D eigenvalue weighted by atomic mass is 10.1. The van der Waals surface area contributed by atoms with Gasteiger partial charge < -0.3 is 10.1 Å². The predicted molar refractivity (Wildman–Crippen MR) is 149 cm³/mol. The molecule has 0 fully saturated rings. The standard InChI is InChI=1S/C25H18ClN5O4S3/c1-12-20-23-21(30-11-29-20)19-6-3-14(36-19)10-27-24(32)16-8-15(4-5-17(16)26)38(33,34)31-18-7-13(22(12)37-23)9-28-25(18)35-2/h3-9,11,31H,10H2,1-2H3,(H,27,32). The summed E-state index contributed by atoms with van der Waals surface area (Å²) in [6.07, 6.45) is 3.17. The van der Waals surface area contributed by atoms with Crippen LogP contribution in [-0.4, -0.2) is 36.4 Å².